The van der Waals surface area contributed by atoms with Gasteiger partial charge in [-0.25, -0.2) is 0 Å². The molecular formula is C24H31N3O3S. The first-order valence-corrected chi connectivity index (χ1v) is 11.1. The summed E-state index contributed by atoms with van der Waals surface area (Å²) < 4.78 is 5.72. The lowest BCUT2D eigenvalue weighted by Gasteiger charge is -2.25. The van der Waals surface area contributed by atoms with Crippen LogP contribution in [-0.2, 0) is 11.3 Å². The molecule has 0 aromatic heterocycles. The number of primary amides is 1. The molecule has 2 aromatic carbocycles. The van der Waals surface area contributed by atoms with Crippen LogP contribution in [0.25, 0.3) is 0 Å². The summed E-state index contributed by atoms with van der Waals surface area (Å²) >= 11 is 5.44. The molecule has 0 bridgehead atoms. The Balaban J connectivity index is 1.92. The molecule has 0 unspecified atom stereocenters. The Labute approximate surface area is 189 Å². The van der Waals surface area contributed by atoms with E-state index in [1.165, 1.54) is 12.8 Å². The molecule has 2 aromatic rings. The smallest absolute Gasteiger partial charge is 0.257 e. The molecule has 2 amide bonds. The SMILES string of the molecule is CCCCCCOc1ccc(C(=O)NC(=S)N(CCC(N)=O)Cc2ccccc2)cc1. The van der Waals surface area contributed by atoms with E-state index in [2.05, 4.69) is 12.2 Å². The molecule has 0 heterocycles. The van der Waals surface area contributed by atoms with Gasteiger partial charge in [0, 0.05) is 25.1 Å². The highest BCUT2D eigenvalue weighted by Crippen LogP contribution is 2.14. The van der Waals surface area contributed by atoms with Crippen LogP contribution in [0.4, 0.5) is 0 Å². The molecule has 0 radical (unpaired) electrons. The van der Waals surface area contributed by atoms with Crippen molar-refractivity contribution in [3.05, 3.63) is 65.7 Å². The first-order valence-electron chi connectivity index (χ1n) is 10.6. The predicted octanol–water partition coefficient (Wildman–Crippen LogP) is 4.04. The quantitative estimate of drug-likeness (QED) is 0.384. The monoisotopic (exact) mass is 441 g/mol. The highest BCUT2D eigenvalue weighted by Gasteiger charge is 2.15. The molecule has 0 spiro atoms. The van der Waals surface area contributed by atoms with Crippen molar-refractivity contribution in [1.29, 1.82) is 0 Å². The fraction of sp³-hybridized carbons (Fsp3) is 0.375. The molecule has 0 saturated heterocycles. The summed E-state index contributed by atoms with van der Waals surface area (Å²) in [4.78, 5) is 25.6. The van der Waals surface area contributed by atoms with Crippen LogP contribution >= 0.6 is 12.2 Å². The summed E-state index contributed by atoms with van der Waals surface area (Å²) in [7, 11) is 0. The molecule has 0 aliphatic rings. The Morgan fingerprint density at radius 1 is 1.03 bits per heavy atom. The Hall–Kier alpha value is -2.93. The molecular weight excluding hydrogens is 410 g/mol. The van der Waals surface area contributed by atoms with Gasteiger partial charge >= 0.3 is 0 Å². The zero-order valence-electron chi connectivity index (χ0n) is 18.0. The number of nitrogens with zero attached hydrogens (tertiary/aromatic N) is 1. The van der Waals surface area contributed by atoms with Gasteiger partial charge in [-0.2, -0.15) is 0 Å². The number of hydrogen-bond donors (Lipinski definition) is 2. The third kappa shape index (κ3) is 9.17. The first kappa shape index (κ1) is 24.3. The second-order valence-electron chi connectivity index (χ2n) is 7.32. The van der Waals surface area contributed by atoms with Crippen LogP contribution in [0.15, 0.2) is 54.6 Å². The lowest BCUT2D eigenvalue weighted by molar-refractivity contribution is -0.118. The number of unbranched alkanes of at least 4 members (excludes halogenated alkanes) is 3. The summed E-state index contributed by atoms with van der Waals surface area (Å²) in [5.41, 5.74) is 6.79. The van der Waals surface area contributed by atoms with Crippen molar-refractivity contribution in [3.63, 3.8) is 0 Å². The number of benzene rings is 2. The zero-order valence-corrected chi connectivity index (χ0v) is 18.8. The predicted molar refractivity (Wildman–Crippen MR) is 127 cm³/mol. The summed E-state index contributed by atoms with van der Waals surface area (Å²) in [6, 6.07) is 16.7. The molecule has 0 aliphatic heterocycles. The maximum atomic E-state index is 12.6. The summed E-state index contributed by atoms with van der Waals surface area (Å²) in [6.45, 7) is 3.64. The van der Waals surface area contributed by atoms with E-state index in [1.54, 1.807) is 29.2 Å². The van der Waals surface area contributed by atoms with E-state index in [0.717, 1.165) is 24.2 Å². The Morgan fingerprint density at radius 2 is 1.74 bits per heavy atom. The minimum Gasteiger partial charge on any atom is -0.494 e. The van der Waals surface area contributed by atoms with Crippen molar-refractivity contribution in [3.8, 4) is 5.75 Å². The lowest BCUT2D eigenvalue weighted by Crippen LogP contribution is -2.43. The van der Waals surface area contributed by atoms with E-state index in [1.807, 2.05) is 30.3 Å². The normalized spacial score (nSPS) is 10.4. The van der Waals surface area contributed by atoms with Gasteiger partial charge in [0.1, 0.15) is 5.75 Å². The number of carbonyl (C=O) groups excluding carboxylic acids is 2. The molecule has 2 rings (SSSR count). The fourth-order valence-electron chi connectivity index (χ4n) is 2.97. The lowest BCUT2D eigenvalue weighted by atomic mass is 10.2. The van der Waals surface area contributed by atoms with Crippen LogP contribution in [0.3, 0.4) is 0 Å². The second-order valence-corrected chi connectivity index (χ2v) is 7.70. The van der Waals surface area contributed by atoms with E-state index < -0.39 is 5.91 Å². The minimum absolute atomic E-state index is 0.146. The minimum atomic E-state index is -0.419. The van der Waals surface area contributed by atoms with Crippen molar-refractivity contribution in [1.82, 2.24) is 10.2 Å². The third-order valence-corrected chi connectivity index (χ3v) is 5.10. The van der Waals surface area contributed by atoms with Crippen LogP contribution in [0.1, 0.15) is 54.9 Å². The molecule has 7 heteroatoms. The molecule has 0 saturated carbocycles. The Morgan fingerprint density at radius 3 is 2.39 bits per heavy atom. The van der Waals surface area contributed by atoms with Gasteiger partial charge in [-0.05, 0) is 48.5 Å². The number of carbonyl (C=O) groups is 2. The van der Waals surface area contributed by atoms with Gasteiger partial charge in [0.2, 0.25) is 5.91 Å². The molecule has 0 fully saturated rings. The third-order valence-electron chi connectivity index (χ3n) is 4.74. The van der Waals surface area contributed by atoms with Crippen molar-refractivity contribution in [2.75, 3.05) is 13.2 Å². The van der Waals surface area contributed by atoms with Crippen molar-refractivity contribution >= 4 is 29.1 Å². The highest BCUT2D eigenvalue weighted by molar-refractivity contribution is 7.80. The van der Waals surface area contributed by atoms with Gasteiger partial charge in [-0.15, -0.1) is 0 Å². The number of hydrogen-bond acceptors (Lipinski definition) is 4. The number of ether oxygens (including phenoxy) is 1. The average molecular weight is 442 g/mol. The second kappa shape index (κ2) is 13.4. The van der Waals surface area contributed by atoms with E-state index in [-0.39, 0.29) is 17.4 Å². The maximum absolute atomic E-state index is 12.6. The Kier molecular flexibility index (Phi) is 10.5. The van der Waals surface area contributed by atoms with Gasteiger partial charge in [0.15, 0.2) is 5.11 Å². The summed E-state index contributed by atoms with van der Waals surface area (Å²) in [6.07, 6.45) is 4.73. The van der Waals surface area contributed by atoms with Crippen LogP contribution < -0.4 is 15.8 Å². The van der Waals surface area contributed by atoms with Gasteiger partial charge in [0.05, 0.1) is 6.61 Å². The molecule has 0 atom stereocenters. The molecule has 3 N–H and O–H groups in total. The molecule has 166 valence electrons. The Bertz CT molecular complexity index is 841. The van der Waals surface area contributed by atoms with Crippen molar-refractivity contribution in [2.45, 2.75) is 45.6 Å². The largest absolute Gasteiger partial charge is 0.494 e. The molecule has 0 aliphatic carbocycles. The van der Waals surface area contributed by atoms with Crippen molar-refractivity contribution < 1.29 is 14.3 Å². The van der Waals surface area contributed by atoms with E-state index in [0.29, 0.717) is 25.3 Å². The number of nitrogens with two attached hydrogens (primary N) is 1. The topological polar surface area (TPSA) is 84.7 Å². The standard InChI is InChI=1S/C24H31N3O3S/c1-2-3-4-8-17-30-21-13-11-20(12-14-21)23(29)26-24(31)27(16-15-22(25)28)18-19-9-6-5-7-10-19/h5-7,9-14H,2-4,8,15-18H2,1H3,(H2,25,28)(H,26,29,31). The van der Waals surface area contributed by atoms with E-state index in [4.69, 9.17) is 22.7 Å². The fourth-order valence-corrected chi connectivity index (χ4v) is 3.22. The van der Waals surface area contributed by atoms with Gasteiger partial charge in [-0.3, -0.25) is 14.9 Å². The van der Waals surface area contributed by atoms with Crippen LogP contribution in [0.2, 0.25) is 0 Å². The van der Waals surface area contributed by atoms with Crippen molar-refractivity contribution in [2.24, 2.45) is 5.73 Å². The highest BCUT2D eigenvalue weighted by atomic mass is 32.1. The van der Waals surface area contributed by atoms with Gasteiger partial charge in [0.25, 0.3) is 5.91 Å². The van der Waals surface area contributed by atoms with Gasteiger partial charge in [-0.1, -0.05) is 56.5 Å². The zero-order chi connectivity index (χ0) is 22.5. The number of amides is 2. The van der Waals surface area contributed by atoms with Crippen LogP contribution in [0, 0.1) is 0 Å². The summed E-state index contributed by atoms with van der Waals surface area (Å²) in [5, 5.41) is 3.01. The number of rotatable bonds is 12. The number of thiocarbonyl (C=S) groups is 1. The molecule has 6 nitrogen and oxygen atoms in total. The summed E-state index contributed by atoms with van der Waals surface area (Å²) in [5.74, 6) is 0.0110. The average Bonchev–Trinajstić information content (AvgIpc) is 2.77. The first-order chi connectivity index (χ1) is 15.0. The van der Waals surface area contributed by atoms with E-state index >= 15 is 0 Å². The molecule has 31 heavy (non-hydrogen) atoms. The van der Waals surface area contributed by atoms with Gasteiger partial charge < -0.3 is 15.4 Å². The maximum Gasteiger partial charge on any atom is 0.257 e. The number of nitrogens with one attached hydrogen (secondary N) is 1. The van der Waals surface area contributed by atoms with Crippen LogP contribution in [-0.4, -0.2) is 35.0 Å². The van der Waals surface area contributed by atoms with Crippen LogP contribution in [0.5, 0.6) is 5.75 Å². The van der Waals surface area contributed by atoms with E-state index in [9.17, 15) is 9.59 Å².